The third kappa shape index (κ3) is 4.65. The molecule has 4 aromatic rings. The number of aliphatic hydroxyl groups excluding tert-OH is 1. The molecule has 0 radical (unpaired) electrons. The van der Waals surface area contributed by atoms with E-state index in [1.165, 1.54) is 5.56 Å². The van der Waals surface area contributed by atoms with Crippen molar-refractivity contribution < 1.29 is 14.6 Å². The highest BCUT2D eigenvalue weighted by atomic mass is 32.1. The van der Waals surface area contributed by atoms with E-state index in [-0.39, 0.29) is 12.5 Å². The van der Waals surface area contributed by atoms with Crippen LogP contribution in [0.25, 0.3) is 21.3 Å². The van der Waals surface area contributed by atoms with Crippen molar-refractivity contribution in [1.29, 1.82) is 0 Å². The molecule has 2 aromatic heterocycles. The maximum atomic E-state index is 13.2. The molecule has 5 nitrogen and oxygen atoms in total. The quantitative estimate of drug-likeness (QED) is 0.368. The molecule has 3 N–H and O–H groups in total. The van der Waals surface area contributed by atoms with Gasteiger partial charge in [-0.3, -0.25) is 4.79 Å². The molecule has 0 saturated heterocycles. The molecule has 2 aromatic carbocycles. The van der Waals surface area contributed by atoms with E-state index in [1.807, 2.05) is 55.6 Å². The van der Waals surface area contributed by atoms with Crippen LogP contribution in [-0.2, 0) is 6.42 Å². The minimum absolute atomic E-state index is 0.154. The summed E-state index contributed by atoms with van der Waals surface area (Å²) >= 11 is 1.65. The Morgan fingerprint density at radius 2 is 2.06 bits per heavy atom. The number of aromatic amines is 1. The predicted molar refractivity (Wildman–Crippen MR) is 126 cm³/mol. The number of thiophene rings is 1. The first-order chi connectivity index (χ1) is 15.1. The summed E-state index contributed by atoms with van der Waals surface area (Å²) in [4.78, 5) is 17.5. The summed E-state index contributed by atoms with van der Waals surface area (Å²) in [6.07, 6.45) is 2.46. The summed E-state index contributed by atoms with van der Waals surface area (Å²) in [6.45, 7) is 4.26. The molecule has 1 amide bonds. The molecular weight excluding hydrogens is 408 g/mol. The Morgan fingerprint density at radius 3 is 2.81 bits per heavy atom. The molecule has 0 fully saturated rings. The summed E-state index contributed by atoms with van der Waals surface area (Å²) < 4.78 is 5.71. The van der Waals surface area contributed by atoms with Crippen molar-refractivity contribution in [2.24, 2.45) is 0 Å². The maximum absolute atomic E-state index is 13.2. The average molecular weight is 435 g/mol. The highest BCUT2D eigenvalue weighted by molar-refractivity contribution is 7.13. The Morgan fingerprint density at radius 1 is 1.23 bits per heavy atom. The van der Waals surface area contributed by atoms with E-state index in [0.717, 1.165) is 26.9 Å². The van der Waals surface area contributed by atoms with Gasteiger partial charge in [-0.25, -0.2) is 0 Å². The largest absolute Gasteiger partial charge is 0.493 e. The normalized spacial score (nSPS) is 12.1. The SMILES string of the molecule is CCOc1ccc(-c2cc(C)cs2)cc1C(=O)NC(CO)Cc1c[nH]c2ccccc12. The topological polar surface area (TPSA) is 74.3 Å². The second-order valence-electron chi connectivity index (χ2n) is 7.55. The van der Waals surface area contributed by atoms with Gasteiger partial charge in [0, 0.05) is 22.0 Å². The smallest absolute Gasteiger partial charge is 0.255 e. The number of H-pyrrole nitrogens is 1. The van der Waals surface area contributed by atoms with Crippen molar-refractivity contribution in [3.63, 3.8) is 0 Å². The van der Waals surface area contributed by atoms with Crippen molar-refractivity contribution in [3.05, 3.63) is 76.8 Å². The number of hydrogen-bond acceptors (Lipinski definition) is 4. The van der Waals surface area contributed by atoms with Crippen molar-refractivity contribution in [2.45, 2.75) is 26.3 Å². The molecule has 0 aliphatic rings. The molecule has 31 heavy (non-hydrogen) atoms. The van der Waals surface area contributed by atoms with Gasteiger partial charge in [0.2, 0.25) is 0 Å². The summed E-state index contributed by atoms with van der Waals surface area (Å²) in [5.74, 6) is 0.290. The van der Waals surface area contributed by atoms with Crippen molar-refractivity contribution in [1.82, 2.24) is 10.3 Å². The van der Waals surface area contributed by atoms with Gasteiger partial charge in [-0.15, -0.1) is 11.3 Å². The number of carbonyl (C=O) groups excluding carboxylic acids is 1. The van der Waals surface area contributed by atoms with Crippen LogP contribution in [0.1, 0.15) is 28.4 Å². The number of fused-ring (bicyclic) bond motifs is 1. The van der Waals surface area contributed by atoms with Crippen LogP contribution in [0.15, 0.2) is 60.1 Å². The molecule has 4 rings (SSSR count). The summed E-state index contributed by atoms with van der Waals surface area (Å²) in [5, 5.41) is 16.1. The van der Waals surface area contributed by atoms with Crippen molar-refractivity contribution in [2.75, 3.05) is 13.2 Å². The Kier molecular flexibility index (Phi) is 6.39. The van der Waals surface area contributed by atoms with Gasteiger partial charge in [0.25, 0.3) is 5.91 Å². The zero-order valence-electron chi connectivity index (χ0n) is 17.6. The van der Waals surface area contributed by atoms with Gasteiger partial charge in [0.1, 0.15) is 5.75 Å². The fraction of sp³-hybridized carbons (Fsp3) is 0.240. The minimum atomic E-state index is -0.408. The molecular formula is C25H26N2O3S. The molecule has 0 saturated carbocycles. The lowest BCUT2D eigenvalue weighted by molar-refractivity contribution is 0.0913. The first-order valence-electron chi connectivity index (χ1n) is 10.4. The van der Waals surface area contributed by atoms with Gasteiger partial charge in [-0.2, -0.15) is 0 Å². The molecule has 160 valence electrons. The van der Waals surface area contributed by atoms with E-state index >= 15 is 0 Å². The summed E-state index contributed by atoms with van der Waals surface area (Å²) in [5.41, 5.74) is 4.74. The van der Waals surface area contributed by atoms with E-state index in [9.17, 15) is 9.90 Å². The summed E-state index contributed by atoms with van der Waals surface area (Å²) in [6, 6.07) is 15.4. The maximum Gasteiger partial charge on any atom is 0.255 e. The highest BCUT2D eigenvalue weighted by Gasteiger charge is 2.19. The van der Waals surface area contributed by atoms with Crippen LogP contribution >= 0.6 is 11.3 Å². The van der Waals surface area contributed by atoms with Gasteiger partial charge in [0.05, 0.1) is 24.8 Å². The van der Waals surface area contributed by atoms with E-state index < -0.39 is 6.04 Å². The lowest BCUT2D eigenvalue weighted by atomic mass is 10.0. The van der Waals surface area contributed by atoms with Gasteiger partial charge >= 0.3 is 0 Å². The second kappa shape index (κ2) is 9.37. The average Bonchev–Trinajstić information content (AvgIpc) is 3.40. The number of benzene rings is 2. The number of aromatic nitrogens is 1. The zero-order valence-corrected chi connectivity index (χ0v) is 18.5. The predicted octanol–water partition coefficient (Wildman–Crippen LogP) is 4.94. The Bertz CT molecular complexity index is 1190. The Labute approximate surface area is 185 Å². The van der Waals surface area contributed by atoms with E-state index in [0.29, 0.717) is 24.3 Å². The van der Waals surface area contributed by atoms with Crippen molar-refractivity contribution >= 4 is 28.1 Å². The standard InChI is InChI=1S/C25H26N2O3S/c1-3-30-23-9-8-17(24-10-16(2)15-31-24)12-21(23)25(29)27-19(14-28)11-18-13-26-22-7-5-4-6-20(18)22/h4-10,12-13,15,19,26,28H,3,11,14H2,1-2H3,(H,27,29). The number of carbonyl (C=O) groups is 1. The Balaban J connectivity index is 1.58. The van der Waals surface area contributed by atoms with Gasteiger partial charge < -0.3 is 20.1 Å². The van der Waals surface area contributed by atoms with E-state index in [4.69, 9.17) is 4.74 Å². The number of amides is 1. The molecule has 0 aliphatic heterocycles. The first-order valence-corrected chi connectivity index (χ1v) is 11.3. The minimum Gasteiger partial charge on any atom is -0.493 e. The summed E-state index contributed by atoms with van der Waals surface area (Å²) in [7, 11) is 0. The number of aliphatic hydroxyl groups is 1. The van der Waals surface area contributed by atoms with Crippen LogP contribution in [0.5, 0.6) is 5.75 Å². The fourth-order valence-electron chi connectivity index (χ4n) is 3.72. The monoisotopic (exact) mass is 434 g/mol. The number of aryl methyl sites for hydroxylation is 1. The molecule has 0 spiro atoms. The number of rotatable bonds is 8. The van der Waals surface area contributed by atoms with Crippen LogP contribution in [0.4, 0.5) is 0 Å². The molecule has 1 atom stereocenters. The second-order valence-corrected chi connectivity index (χ2v) is 8.46. The first kappa shape index (κ1) is 21.2. The highest BCUT2D eigenvalue weighted by Crippen LogP contribution is 2.31. The van der Waals surface area contributed by atoms with Crippen LogP contribution in [0.2, 0.25) is 0 Å². The fourth-order valence-corrected chi connectivity index (χ4v) is 4.61. The lowest BCUT2D eigenvalue weighted by Crippen LogP contribution is -2.39. The van der Waals surface area contributed by atoms with E-state index in [1.54, 1.807) is 11.3 Å². The molecule has 0 aliphatic carbocycles. The van der Waals surface area contributed by atoms with Crippen molar-refractivity contribution in [3.8, 4) is 16.2 Å². The molecule has 0 bridgehead atoms. The van der Waals surface area contributed by atoms with Crippen LogP contribution in [0.3, 0.4) is 0 Å². The number of nitrogens with one attached hydrogen (secondary N) is 2. The van der Waals surface area contributed by atoms with Crippen LogP contribution < -0.4 is 10.1 Å². The lowest BCUT2D eigenvalue weighted by Gasteiger charge is -2.18. The Hall–Kier alpha value is -3.09. The number of ether oxygens (including phenoxy) is 1. The van der Waals surface area contributed by atoms with Gasteiger partial charge in [-0.1, -0.05) is 18.2 Å². The van der Waals surface area contributed by atoms with Gasteiger partial charge in [0.15, 0.2) is 0 Å². The third-order valence-electron chi connectivity index (χ3n) is 5.24. The molecule has 1 unspecified atom stereocenters. The van der Waals surface area contributed by atoms with Crippen LogP contribution in [0, 0.1) is 6.92 Å². The van der Waals surface area contributed by atoms with E-state index in [2.05, 4.69) is 28.7 Å². The van der Waals surface area contributed by atoms with Gasteiger partial charge in [-0.05, 0) is 72.7 Å². The number of hydrogen-bond donors (Lipinski definition) is 3. The molecule has 2 heterocycles. The zero-order chi connectivity index (χ0) is 21.8. The molecule has 6 heteroatoms. The van der Waals surface area contributed by atoms with Crippen LogP contribution in [-0.4, -0.2) is 35.3 Å². The third-order valence-corrected chi connectivity index (χ3v) is 6.33. The number of para-hydroxylation sites is 1.